The first-order valence-electron chi connectivity index (χ1n) is 7.39. The first-order chi connectivity index (χ1) is 8.98. The molecule has 2 rings (SSSR count). The van der Waals surface area contributed by atoms with E-state index in [1.165, 1.54) is 25.7 Å². The zero-order chi connectivity index (χ0) is 13.9. The highest BCUT2D eigenvalue weighted by Gasteiger charge is 2.22. The van der Waals surface area contributed by atoms with Crippen LogP contribution in [-0.2, 0) is 0 Å². The van der Waals surface area contributed by atoms with Crippen LogP contribution in [0.1, 0.15) is 45.6 Å². The molecule has 0 unspecified atom stereocenters. The Balaban J connectivity index is 1.94. The molecule has 1 aliphatic rings. The second-order valence-corrected chi connectivity index (χ2v) is 6.85. The summed E-state index contributed by atoms with van der Waals surface area (Å²) in [5, 5.41) is 3.54. The van der Waals surface area contributed by atoms with E-state index in [4.69, 9.17) is 0 Å². The predicted molar refractivity (Wildman–Crippen MR) is 80.6 cm³/mol. The van der Waals surface area contributed by atoms with Gasteiger partial charge in [0, 0.05) is 31.5 Å². The lowest BCUT2D eigenvalue weighted by Crippen LogP contribution is -2.35. The summed E-state index contributed by atoms with van der Waals surface area (Å²) in [6, 6.07) is 0.655. The molecule has 108 valence electrons. The van der Waals surface area contributed by atoms with Gasteiger partial charge < -0.3 is 14.8 Å². The molecule has 0 aromatic carbocycles. The van der Waals surface area contributed by atoms with Crippen LogP contribution in [0.25, 0.3) is 0 Å². The Morgan fingerprint density at radius 1 is 1.37 bits per heavy atom. The number of nitrogens with one attached hydrogen (secondary N) is 1. The van der Waals surface area contributed by atoms with Crippen molar-refractivity contribution >= 4 is 5.95 Å². The van der Waals surface area contributed by atoms with E-state index in [9.17, 15) is 0 Å². The van der Waals surface area contributed by atoms with Crippen molar-refractivity contribution in [2.75, 3.05) is 32.5 Å². The van der Waals surface area contributed by atoms with Gasteiger partial charge in [0.2, 0.25) is 5.95 Å². The maximum atomic E-state index is 4.48. The summed E-state index contributed by atoms with van der Waals surface area (Å²) in [6.45, 7) is 6.62. The highest BCUT2D eigenvalue weighted by Crippen LogP contribution is 2.31. The Bertz CT molecular complexity index is 389. The molecule has 0 radical (unpaired) electrons. The largest absolute Gasteiger partial charge is 0.355 e. The molecule has 4 nitrogen and oxygen atoms in total. The van der Waals surface area contributed by atoms with Crippen LogP contribution in [0.3, 0.4) is 0 Å². The molecular weight excluding hydrogens is 236 g/mol. The zero-order valence-electron chi connectivity index (χ0n) is 12.8. The molecule has 19 heavy (non-hydrogen) atoms. The normalized spacial score (nSPS) is 17.3. The summed E-state index contributed by atoms with van der Waals surface area (Å²) in [4.78, 5) is 6.72. The molecular formula is C15H28N4. The van der Waals surface area contributed by atoms with Crippen molar-refractivity contribution in [1.82, 2.24) is 14.5 Å². The second kappa shape index (κ2) is 5.95. The summed E-state index contributed by atoms with van der Waals surface area (Å²) >= 11 is 0. The van der Waals surface area contributed by atoms with Crippen LogP contribution in [0, 0.1) is 5.41 Å². The molecule has 1 heterocycles. The summed E-state index contributed by atoms with van der Waals surface area (Å²) in [6.07, 6.45) is 9.35. The Hall–Kier alpha value is -1.03. The third kappa shape index (κ3) is 3.96. The van der Waals surface area contributed by atoms with E-state index in [2.05, 4.69) is 53.9 Å². The Morgan fingerprint density at radius 2 is 2.05 bits per heavy atom. The van der Waals surface area contributed by atoms with E-state index in [1.54, 1.807) is 0 Å². The Morgan fingerprint density at radius 3 is 2.68 bits per heavy atom. The summed E-state index contributed by atoms with van der Waals surface area (Å²) < 4.78 is 2.33. The molecule has 1 N–H and O–H groups in total. The fraction of sp³-hybridized carbons (Fsp3) is 0.800. The van der Waals surface area contributed by atoms with Gasteiger partial charge in [0.05, 0.1) is 0 Å². The lowest BCUT2D eigenvalue weighted by molar-refractivity contribution is 0.253. The van der Waals surface area contributed by atoms with Crippen LogP contribution < -0.4 is 5.32 Å². The van der Waals surface area contributed by atoms with Crippen molar-refractivity contribution in [3.63, 3.8) is 0 Å². The molecule has 0 aliphatic heterocycles. The number of rotatable bonds is 6. The monoisotopic (exact) mass is 264 g/mol. The van der Waals surface area contributed by atoms with Crippen LogP contribution in [0.4, 0.5) is 5.95 Å². The SMILES string of the molecule is CN(C)CC(C)(C)CNc1nccn1C1CCCC1. The summed E-state index contributed by atoms with van der Waals surface area (Å²) in [5.41, 5.74) is 0.246. The average Bonchev–Trinajstić information content (AvgIpc) is 2.95. The van der Waals surface area contributed by atoms with Crippen LogP contribution in [-0.4, -0.2) is 41.6 Å². The molecule has 0 atom stereocenters. The maximum absolute atomic E-state index is 4.48. The first kappa shape index (κ1) is 14.4. The zero-order valence-corrected chi connectivity index (χ0v) is 12.8. The van der Waals surface area contributed by atoms with Crippen molar-refractivity contribution in [2.24, 2.45) is 5.41 Å². The van der Waals surface area contributed by atoms with Gasteiger partial charge in [0.1, 0.15) is 0 Å². The Kier molecular flexibility index (Phi) is 4.50. The van der Waals surface area contributed by atoms with Gasteiger partial charge in [0.15, 0.2) is 0 Å². The molecule has 1 aromatic heterocycles. The molecule has 1 aromatic rings. The number of anilines is 1. The van der Waals surface area contributed by atoms with Gasteiger partial charge in [-0.15, -0.1) is 0 Å². The van der Waals surface area contributed by atoms with E-state index in [1.807, 2.05) is 6.20 Å². The smallest absolute Gasteiger partial charge is 0.203 e. The quantitative estimate of drug-likeness (QED) is 0.857. The van der Waals surface area contributed by atoms with Gasteiger partial charge >= 0.3 is 0 Å². The fourth-order valence-corrected chi connectivity index (χ4v) is 3.16. The maximum Gasteiger partial charge on any atom is 0.203 e. The van der Waals surface area contributed by atoms with E-state index in [0.29, 0.717) is 6.04 Å². The lowest BCUT2D eigenvalue weighted by Gasteiger charge is -2.29. The number of aromatic nitrogens is 2. The molecule has 1 saturated carbocycles. The molecule has 0 spiro atoms. The van der Waals surface area contributed by atoms with Crippen LogP contribution >= 0.6 is 0 Å². The van der Waals surface area contributed by atoms with E-state index >= 15 is 0 Å². The first-order valence-corrected chi connectivity index (χ1v) is 7.39. The van der Waals surface area contributed by atoms with Crippen LogP contribution in [0.15, 0.2) is 12.4 Å². The van der Waals surface area contributed by atoms with Crippen LogP contribution in [0.2, 0.25) is 0 Å². The van der Waals surface area contributed by atoms with Gasteiger partial charge in [0.25, 0.3) is 0 Å². The van der Waals surface area contributed by atoms with Gasteiger partial charge in [-0.05, 0) is 32.4 Å². The van der Waals surface area contributed by atoms with Crippen molar-refractivity contribution in [1.29, 1.82) is 0 Å². The van der Waals surface area contributed by atoms with Crippen molar-refractivity contribution < 1.29 is 0 Å². The van der Waals surface area contributed by atoms with Gasteiger partial charge in [-0.3, -0.25) is 0 Å². The number of hydrogen-bond acceptors (Lipinski definition) is 3. The highest BCUT2D eigenvalue weighted by molar-refractivity contribution is 5.27. The number of nitrogens with zero attached hydrogens (tertiary/aromatic N) is 3. The van der Waals surface area contributed by atoms with Crippen molar-refractivity contribution in [2.45, 2.75) is 45.6 Å². The highest BCUT2D eigenvalue weighted by atomic mass is 15.2. The minimum Gasteiger partial charge on any atom is -0.355 e. The molecule has 1 fully saturated rings. The van der Waals surface area contributed by atoms with Gasteiger partial charge in [-0.2, -0.15) is 0 Å². The lowest BCUT2D eigenvalue weighted by atomic mass is 9.93. The van der Waals surface area contributed by atoms with E-state index in [0.717, 1.165) is 19.0 Å². The molecule has 1 aliphatic carbocycles. The third-order valence-corrected chi connectivity index (χ3v) is 3.86. The topological polar surface area (TPSA) is 33.1 Å². The molecule has 4 heteroatoms. The fourth-order valence-electron chi connectivity index (χ4n) is 3.16. The second-order valence-electron chi connectivity index (χ2n) is 6.85. The van der Waals surface area contributed by atoms with Crippen molar-refractivity contribution in [3.05, 3.63) is 12.4 Å². The van der Waals surface area contributed by atoms with Gasteiger partial charge in [-0.1, -0.05) is 26.7 Å². The number of hydrogen-bond donors (Lipinski definition) is 1. The number of imidazole rings is 1. The molecule has 0 saturated heterocycles. The third-order valence-electron chi connectivity index (χ3n) is 3.86. The minimum absolute atomic E-state index is 0.246. The minimum atomic E-state index is 0.246. The standard InChI is InChI=1S/C15H28N4/c1-15(2,12-18(3)4)11-17-14-16-9-10-19(14)13-7-5-6-8-13/h9-10,13H,5-8,11-12H2,1-4H3,(H,16,17). The Labute approximate surface area is 117 Å². The predicted octanol–water partition coefficient (Wildman–Crippen LogP) is 3.00. The van der Waals surface area contributed by atoms with Crippen molar-refractivity contribution in [3.8, 4) is 0 Å². The summed E-state index contributed by atoms with van der Waals surface area (Å²) in [5.74, 6) is 1.04. The molecule has 0 amide bonds. The van der Waals surface area contributed by atoms with Crippen LogP contribution in [0.5, 0.6) is 0 Å². The average molecular weight is 264 g/mol. The summed E-state index contributed by atoms with van der Waals surface area (Å²) in [7, 11) is 4.25. The van der Waals surface area contributed by atoms with E-state index < -0.39 is 0 Å². The van der Waals surface area contributed by atoms with Gasteiger partial charge in [-0.25, -0.2) is 4.98 Å². The van der Waals surface area contributed by atoms with E-state index in [-0.39, 0.29) is 5.41 Å². The molecule has 0 bridgehead atoms.